The highest BCUT2D eigenvalue weighted by Crippen LogP contribution is 2.18. The zero-order valence-electron chi connectivity index (χ0n) is 13.0. The molecule has 0 amide bonds. The van der Waals surface area contributed by atoms with Crippen molar-refractivity contribution in [3.8, 4) is 5.75 Å². The number of carboxylic acids is 1. The van der Waals surface area contributed by atoms with Crippen LogP contribution in [0.4, 0.5) is 0 Å². The lowest BCUT2D eigenvalue weighted by molar-refractivity contribution is -0.135. The number of hydrogen-bond acceptors (Lipinski definition) is 3. The summed E-state index contributed by atoms with van der Waals surface area (Å²) in [5.74, 6) is 0.118. The number of benzene rings is 1. The number of hydrogen-bond donors (Lipinski definition) is 1. The van der Waals surface area contributed by atoms with E-state index in [1.165, 1.54) is 30.7 Å². The Labute approximate surface area is 126 Å². The van der Waals surface area contributed by atoms with Crippen LogP contribution in [0.15, 0.2) is 24.3 Å². The molecule has 1 atom stereocenters. The number of carboxylic acid groups (broad SMARTS) is 1. The smallest absolute Gasteiger partial charge is 0.335 e. The van der Waals surface area contributed by atoms with E-state index in [2.05, 4.69) is 20.8 Å². The largest absolute Gasteiger partial charge is 0.478 e. The molecular formula is C17H24O4. The van der Waals surface area contributed by atoms with Gasteiger partial charge in [-0.3, -0.25) is 4.79 Å². The molecular weight excluding hydrogens is 268 g/mol. The van der Waals surface area contributed by atoms with Crippen molar-refractivity contribution in [1.29, 1.82) is 0 Å². The van der Waals surface area contributed by atoms with Crippen LogP contribution in [0.1, 0.15) is 56.8 Å². The highest BCUT2D eigenvalue weighted by Gasteiger charge is 2.12. The van der Waals surface area contributed by atoms with Crippen molar-refractivity contribution in [3.05, 3.63) is 29.8 Å². The zero-order chi connectivity index (χ0) is 15.8. The topological polar surface area (TPSA) is 63.6 Å². The molecule has 1 rings (SSSR count). The van der Waals surface area contributed by atoms with Crippen LogP contribution in [0, 0.1) is 11.8 Å². The van der Waals surface area contributed by atoms with Crippen molar-refractivity contribution in [3.63, 3.8) is 0 Å². The summed E-state index contributed by atoms with van der Waals surface area (Å²) in [6.07, 6.45) is 3.71. The van der Waals surface area contributed by atoms with E-state index < -0.39 is 5.97 Å². The van der Waals surface area contributed by atoms with Gasteiger partial charge in [0.05, 0.1) is 5.56 Å². The highest BCUT2D eigenvalue weighted by molar-refractivity contribution is 5.87. The van der Waals surface area contributed by atoms with Gasteiger partial charge in [-0.15, -0.1) is 0 Å². The molecule has 4 nitrogen and oxygen atoms in total. The van der Waals surface area contributed by atoms with Gasteiger partial charge in [-0.05, 0) is 36.1 Å². The molecule has 0 aliphatic carbocycles. The first-order valence-corrected chi connectivity index (χ1v) is 7.42. The predicted octanol–water partition coefficient (Wildman–Crippen LogP) is 4.14. The van der Waals surface area contributed by atoms with E-state index in [1.54, 1.807) is 0 Å². The summed E-state index contributed by atoms with van der Waals surface area (Å²) in [5.41, 5.74) is 0.178. The second-order valence-corrected chi connectivity index (χ2v) is 5.94. The van der Waals surface area contributed by atoms with Crippen LogP contribution in [0.5, 0.6) is 5.75 Å². The predicted molar refractivity (Wildman–Crippen MR) is 81.5 cm³/mol. The summed E-state index contributed by atoms with van der Waals surface area (Å²) in [5, 5.41) is 8.79. The number of carbonyl (C=O) groups is 2. The molecule has 0 saturated heterocycles. The van der Waals surface area contributed by atoms with Crippen molar-refractivity contribution in [2.75, 3.05) is 0 Å². The minimum Gasteiger partial charge on any atom is -0.478 e. The molecule has 1 N–H and O–H groups in total. The van der Waals surface area contributed by atoms with Crippen LogP contribution in [0.3, 0.4) is 0 Å². The second kappa shape index (κ2) is 8.45. The fraction of sp³-hybridized carbons (Fsp3) is 0.529. The van der Waals surface area contributed by atoms with Gasteiger partial charge in [-0.25, -0.2) is 4.79 Å². The van der Waals surface area contributed by atoms with Gasteiger partial charge in [0.1, 0.15) is 5.75 Å². The van der Waals surface area contributed by atoms with Crippen LogP contribution in [0.25, 0.3) is 0 Å². The molecule has 0 bridgehead atoms. The zero-order valence-corrected chi connectivity index (χ0v) is 13.0. The van der Waals surface area contributed by atoms with E-state index in [9.17, 15) is 9.59 Å². The van der Waals surface area contributed by atoms with Crippen LogP contribution in [0.2, 0.25) is 0 Å². The van der Waals surface area contributed by atoms with Crippen LogP contribution in [-0.2, 0) is 4.79 Å². The molecule has 0 heterocycles. The normalized spacial score (nSPS) is 12.2. The minimum absolute atomic E-state index is 0.178. The SMILES string of the molecule is CC(C)CCC[C@H](C)CC(=O)Oc1ccc(C(=O)O)cc1. The molecule has 4 heteroatoms. The Kier molecular flexibility index (Phi) is 6.92. The summed E-state index contributed by atoms with van der Waals surface area (Å²) in [4.78, 5) is 22.5. The Bertz CT molecular complexity index is 462. The van der Waals surface area contributed by atoms with Gasteiger partial charge in [0.2, 0.25) is 0 Å². The van der Waals surface area contributed by atoms with E-state index in [0.717, 1.165) is 12.8 Å². The highest BCUT2D eigenvalue weighted by atomic mass is 16.5. The van der Waals surface area contributed by atoms with Gasteiger partial charge in [-0.1, -0.05) is 40.0 Å². The Balaban J connectivity index is 2.37. The van der Waals surface area contributed by atoms with Crippen molar-refractivity contribution in [1.82, 2.24) is 0 Å². The molecule has 116 valence electrons. The molecule has 0 saturated carbocycles. The molecule has 1 aromatic carbocycles. The summed E-state index contributed by atoms with van der Waals surface area (Å²) in [6, 6.07) is 5.86. The first kappa shape index (κ1) is 17.2. The number of carbonyl (C=O) groups excluding carboxylic acids is 1. The third-order valence-corrected chi connectivity index (χ3v) is 3.33. The molecule has 0 spiro atoms. The van der Waals surface area contributed by atoms with Gasteiger partial charge in [-0.2, -0.15) is 0 Å². The van der Waals surface area contributed by atoms with Gasteiger partial charge in [0, 0.05) is 6.42 Å². The molecule has 0 fully saturated rings. The molecule has 21 heavy (non-hydrogen) atoms. The molecule has 0 radical (unpaired) electrons. The number of rotatable bonds is 8. The monoisotopic (exact) mass is 292 g/mol. The molecule has 0 aromatic heterocycles. The van der Waals surface area contributed by atoms with Gasteiger partial charge < -0.3 is 9.84 Å². The molecule has 0 aliphatic heterocycles. The average molecular weight is 292 g/mol. The lowest BCUT2D eigenvalue weighted by atomic mass is 9.97. The Morgan fingerprint density at radius 2 is 1.71 bits per heavy atom. The maximum absolute atomic E-state index is 11.8. The summed E-state index contributed by atoms with van der Waals surface area (Å²) in [6.45, 7) is 6.44. The van der Waals surface area contributed by atoms with Gasteiger partial charge in [0.25, 0.3) is 0 Å². The lowest BCUT2D eigenvalue weighted by Crippen LogP contribution is -2.12. The molecule has 0 unspecified atom stereocenters. The van der Waals surface area contributed by atoms with Crippen LogP contribution < -0.4 is 4.74 Å². The second-order valence-electron chi connectivity index (χ2n) is 5.94. The summed E-state index contributed by atoms with van der Waals surface area (Å²) in [7, 11) is 0. The summed E-state index contributed by atoms with van der Waals surface area (Å²) >= 11 is 0. The maximum atomic E-state index is 11.8. The number of ether oxygens (including phenoxy) is 1. The Hall–Kier alpha value is -1.84. The van der Waals surface area contributed by atoms with Crippen molar-refractivity contribution in [2.24, 2.45) is 11.8 Å². The third-order valence-electron chi connectivity index (χ3n) is 3.33. The van der Waals surface area contributed by atoms with E-state index in [1.807, 2.05) is 0 Å². The van der Waals surface area contributed by atoms with Crippen molar-refractivity contribution < 1.29 is 19.4 Å². The fourth-order valence-electron chi connectivity index (χ4n) is 2.10. The van der Waals surface area contributed by atoms with Crippen molar-refractivity contribution >= 4 is 11.9 Å². The third kappa shape index (κ3) is 6.93. The molecule has 1 aromatic rings. The van der Waals surface area contributed by atoms with E-state index >= 15 is 0 Å². The van der Waals surface area contributed by atoms with Gasteiger partial charge in [0.15, 0.2) is 0 Å². The first-order chi connectivity index (χ1) is 9.88. The van der Waals surface area contributed by atoms with Gasteiger partial charge >= 0.3 is 11.9 Å². The van der Waals surface area contributed by atoms with Crippen LogP contribution in [-0.4, -0.2) is 17.0 Å². The Morgan fingerprint density at radius 1 is 1.10 bits per heavy atom. The fourth-order valence-corrected chi connectivity index (χ4v) is 2.10. The molecule has 0 aliphatic rings. The number of esters is 1. The average Bonchev–Trinajstić information content (AvgIpc) is 2.38. The quantitative estimate of drug-likeness (QED) is 0.577. The minimum atomic E-state index is -0.994. The van der Waals surface area contributed by atoms with E-state index in [-0.39, 0.29) is 11.5 Å². The van der Waals surface area contributed by atoms with Crippen LogP contribution >= 0.6 is 0 Å². The Morgan fingerprint density at radius 3 is 2.24 bits per heavy atom. The maximum Gasteiger partial charge on any atom is 0.335 e. The van der Waals surface area contributed by atoms with E-state index in [4.69, 9.17) is 9.84 Å². The number of aromatic carboxylic acids is 1. The lowest BCUT2D eigenvalue weighted by Gasteiger charge is -2.12. The van der Waals surface area contributed by atoms with Crippen molar-refractivity contribution in [2.45, 2.75) is 46.5 Å². The standard InChI is InChI=1S/C17H24O4/c1-12(2)5-4-6-13(3)11-16(18)21-15-9-7-14(8-10-15)17(19)20/h7-10,12-13H,4-6,11H2,1-3H3,(H,19,20)/t13-/m0/s1. The first-order valence-electron chi connectivity index (χ1n) is 7.42. The summed E-state index contributed by atoms with van der Waals surface area (Å²) < 4.78 is 5.22. The van der Waals surface area contributed by atoms with E-state index in [0.29, 0.717) is 24.0 Å².